The van der Waals surface area contributed by atoms with Crippen LogP contribution in [0.1, 0.15) is 28.5 Å². The number of aryl methyl sites for hydroxylation is 1. The van der Waals surface area contributed by atoms with Gasteiger partial charge in [0.1, 0.15) is 11.4 Å². The van der Waals surface area contributed by atoms with Gasteiger partial charge >= 0.3 is 0 Å². The molecule has 0 atom stereocenters. The Morgan fingerprint density at radius 3 is 2.78 bits per heavy atom. The molecule has 1 aromatic carbocycles. The van der Waals surface area contributed by atoms with Gasteiger partial charge in [0.05, 0.1) is 17.8 Å². The van der Waals surface area contributed by atoms with E-state index in [4.69, 9.17) is 4.74 Å². The van der Waals surface area contributed by atoms with Crippen molar-refractivity contribution in [3.8, 4) is 5.75 Å². The summed E-state index contributed by atoms with van der Waals surface area (Å²) in [7, 11) is 1.57. The zero-order valence-corrected chi connectivity index (χ0v) is 15.8. The zero-order valence-electron chi connectivity index (χ0n) is 12.6. The fraction of sp³-hybridized carbons (Fsp3) is 0.188. The topological polar surface area (TPSA) is 63.6 Å². The van der Waals surface area contributed by atoms with Gasteiger partial charge in [-0.25, -0.2) is 5.43 Å². The number of hydrazone groups is 1. The van der Waals surface area contributed by atoms with Gasteiger partial charge in [-0.05, 0) is 46.1 Å². The van der Waals surface area contributed by atoms with Crippen LogP contribution in [0.3, 0.4) is 0 Å². The van der Waals surface area contributed by atoms with Crippen LogP contribution in [0.15, 0.2) is 44.5 Å². The minimum absolute atomic E-state index is 0.321. The number of pyridine rings is 1. The second kappa shape index (κ2) is 8.21. The molecule has 0 bridgehead atoms. The highest BCUT2D eigenvalue weighted by Crippen LogP contribution is 2.31. The maximum atomic E-state index is 12.0. The van der Waals surface area contributed by atoms with Crippen molar-refractivity contribution in [2.45, 2.75) is 13.3 Å². The molecule has 0 spiro atoms. The molecule has 1 heterocycles. The first-order chi connectivity index (χ1) is 11.0. The molecule has 0 saturated heterocycles. The largest absolute Gasteiger partial charge is 0.495 e. The third kappa shape index (κ3) is 4.62. The molecule has 0 aliphatic rings. The van der Waals surface area contributed by atoms with E-state index in [1.54, 1.807) is 19.4 Å². The quantitative estimate of drug-likeness (QED) is 0.565. The van der Waals surface area contributed by atoms with Gasteiger partial charge in [-0.15, -0.1) is 0 Å². The maximum absolute atomic E-state index is 12.0. The number of methoxy groups -OCH3 is 1. The monoisotopic (exact) mass is 439 g/mol. The van der Waals surface area contributed by atoms with Gasteiger partial charge in [0.25, 0.3) is 5.91 Å². The first kappa shape index (κ1) is 17.6. The van der Waals surface area contributed by atoms with Crippen molar-refractivity contribution in [3.05, 3.63) is 56.2 Å². The van der Waals surface area contributed by atoms with Crippen molar-refractivity contribution in [2.75, 3.05) is 7.11 Å². The summed E-state index contributed by atoms with van der Waals surface area (Å²) in [6, 6.07) is 7.27. The van der Waals surface area contributed by atoms with Crippen LogP contribution in [0.2, 0.25) is 0 Å². The molecule has 5 nitrogen and oxygen atoms in total. The number of benzene rings is 1. The van der Waals surface area contributed by atoms with Crippen LogP contribution in [-0.4, -0.2) is 24.2 Å². The molecule has 2 rings (SSSR count). The minimum Gasteiger partial charge on any atom is -0.495 e. The van der Waals surface area contributed by atoms with Gasteiger partial charge in [-0.1, -0.05) is 28.9 Å². The third-order valence-electron chi connectivity index (χ3n) is 3.08. The number of ether oxygens (including phenoxy) is 1. The average Bonchev–Trinajstić information content (AvgIpc) is 2.54. The Hall–Kier alpha value is -1.73. The fourth-order valence-electron chi connectivity index (χ4n) is 1.88. The molecule has 0 unspecified atom stereocenters. The molecule has 0 aliphatic heterocycles. The number of rotatable bonds is 5. The summed E-state index contributed by atoms with van der Waals surface area (Å²) >= 11 is 6.82. The minimum atomic E-state index is -0.364. The molecule has 0 fully saturated rings. The lowest BCUT2D eigenvalue weighted by Gasteiger charge is -2.07. The Balaban J connectivity index is 2.10. The summed E-state index contributed by atoms with van der Waals surface area (Å²) < 4.78 is 6.98. The maximum Gasteiger partial charge on any atom is 0.289 e. The van der Waals surface area contributed by atoms with E-state index < -0.39 is 0 Å². The lowest BCUT2D eigenvalue weighted by Crippen LogP contribution is -2.19. The summed E-state index contributed by atoms with van der Waals surface area (Å²) in [4.78, 5) is 16.1. The molecule has 0 radical (unpaired) electrons. The lowest BCUT2D eigenvalue weighted by atomic mass is 10.2. The van der Waals surface area contributed by atoms with Crippen molar-refractivity contribution in [2.24, 2.45) is 5.10 Å². The van der Waals surface area contributed by atoms with Crippen molar-refractivity contribution in [1.29, 1.82) is 0 Å². The molecule has 0 aliphatic carbocycles. The molecule has 7 heteroatoms. The van der Waals surface area contributed by atoms with E-state index in [9.17, 15) is 4.79 Å². The Morgan fingerprint density at radius 1 is 1.39 bits per heavy atom. The molecule has 2 aromatic rings. The second-order valence-corrected chi connectivity index (χ2v) is 6.38. The van der Waals surface area contributed by atoms with Crippen molar-refractivity contribution >= 4 is 44.0 Å². The highest BCUT2D eigenvalue weighted by Gasteiger charge is 2.08. The first-order valence-electron chi connectivity index (χ1n) is 6.86. The van der Waals surface area contributed by atoms with E-state index in [-0.39, 0.29) is 5.91 Å². The van der Waals surface area contributed by atoms with Gasteiger partial charge < -0.3 is 4.74 Å². The SMILES string of the molecule is CCc1ccc(C(=O)N/N=C/c2cc(Br)cc(Br)c2OC)nc1. The number of hydrogen-bond donors (Lipinski definition) is 1. The molecular formula is C16H15Br2N3O2. The zero-order chi connectivity index (χ0) is 16.8. The van der Waals surface area contributed by atoms with Crippen LogP contribution in [0, 0.1) is 0 Å². The predicted octanol–water partition coefficient (Wildman–Crippen LogP) is 3.94. The fourth-order valence-corrected chi connectivity index (χ4v) is 3.30. The van der Waals surface area contributed by atoms with Crippen molar-refractivity contribution in [1.82, 2.24) is 10.4 Å². The summed E-state index contributed by atoms with van der Waals surface area (Å²) in [5.41, 5.74) is 4.58. The Bertz CT molecular complexity index is 731. The van der Waals surface area contributed by atoms with E-state index in [2.05, 4.69) is 47.4 Å². The van der Waals surface area contributed by atoms with Gasteiger partial charge in [-0.2, -0.15) is 5.10 Å². The Kier molecular flexibility index (Phi) is 6.29. The van der Waals surface area contributed by atoms with Crippen LogP contribution < -0.4 is 10.2 Å². The third-order valence-corrected chi connectivity index (χ3v) is 4.12. The molecule has 1 N–H and O–H groups in total. The number of halogens is 2. The van der Waals surface area contributed by atoms with E-state index in [0.29, 0.717) is 11.4 Å². The van der Waals surface area contributed by atoms with Crippen LogP contribution >= 0.6 is 31.9 Å². The van der Waals surface area contributed by atoms with Gasteiger partial charge in [0.2, 0.25) is 0 Å². The summed E-state index contributed by atoms with van der Waals surface area (Å²) in [5, 5.41) is 3.97. The van der Waals surface area contributed by atoms with E-state index in [1.807, 2.05) is 25.1 Å². The van der Waals surface area contributed by atoms with Crippen LogP contribution in [-0.2, 0) is 6.42 Å². The van der Waals surface area contributed by atoms with Gasteiger partial charge in [0, 0.05) is 16.2 Å². The average molecular weight is 441 g/mol. The van der Waals surface area contributed by atoms with Gasteiger partial charge in [0.15, 0.2) is 0 Å². The van der Waals surface area contributed by atoms with Crippen LogP contribution in [0.5, 0.6) is 5.75 Å². The number of aromatic nitrogens is 1. The van der Waals surface area contributed by atoms with Crippen molar-refractivity contribution < 1.29 is 9.53 Å². The van der Waals surface area contributed by atoms with Gasteiger partial charge in [-0.3, -0.25) is 9.78 Å². The number of carbonyl (C=O) groups is 1. The molecular weight excluding hydrogens is 426 g/mol. The smallest absolute Gasteiger partial charge is 0.289 e. The van der Waals surface area contributed by atoms with E-state index in [1.165, 1.54) is 6.21 Å². The highest BCUT2D eigenvalue weighted by molar-refractivity contribution is 9.11. The number of carbonyl (C=O) groups excluding carboxylic acids is 1. The van der Waals surface area contributed by atoms with E-state index >= 15 is 0 Å². The predicted molar refractivity (Wildman–Crippen MR) is 97.1 cm³/mol. The van der Waals surface area contributed by atoms with Crippen LogP contribution in [0.25, 0.3) is 0 Å². The van der Waals surface area contributed by atoms with E-state index in [0.717, 1.165) is 26.5 Å². The molecule has 1 amide bonds. The first-order valence-corrected chi connectivity index (χ1v) is 8.45. The Morgan fingerprint density at radius 2 is 2.17 bits per heavy atom. The number of amides is 1. The summed E-state index contributed by atoms with van der Waals surface area (Å²) in [5.74, 6) is 0.272. The molecule has 1 aromatic heterocycles. The molecule has 23 heavy (non-hydrogen) atoms. The van der Waals surface area contributed by atoms with Crippen molar-refractivity contribution in [3.63, 3.8) is 0 Å². The lowest BCUT2D eigenvalue weighted by molar-refractivity contribution is 0.0950. The number of nitrogens with zero attached hydrogens (tertiary/aromatic N) is 2. The summed E-state index contributed by atoms with van der Waals surface area (Å²) in [6.45, 7) is 2.03. The number of nitrogens with one attached hydrogen (secondary N) is 1. The standard InChI is InChI=1S/C16H15Br2N3O2/c1-3-10-4-5-14(19-8-10)16(22)21-20-9-11-6-12(17)7-13(18)15(11)23-2/h4-9H,3H2,1-2H3,(H,21,22)/b20-9+. The number of hydrogen-bond acceptors (Lipinski definition) is 4. The molecule has 0 saturated carbocycles. The highest BCUT2D eigenvalue weighted by atomic mass is 79.9. The summed E-state index contributed by atoms with van der Waals surface area (Å²) in [6.07, 6.45) is 4.09. The normalized spacial score (nSPS) is 10.8. The molecule has 120 valence electrons. The van der Waals surface area contributed by atoms with Crippen LogP contribution in [0.4, 0.5) is 0 Å². The second-order valence-electron chi connectivity index (χ2n) is 4.61. The Labute approximate surface area is 151 Å².